The van der Waals surface area contributed by atoms with Gasteiger partial charge >= 0.3 is 0 Å². The molecule has 0 bridgehead atoms. The molecule has 3 rings (SSSR count). The molecule has 0 saturated heterocycles. The van der Waals surface area contributed by atoms with Gasteiger partial charge in [0.05, 0.1) is 18.8 Å². The fourth-order valence-corrected chi connectivity index (χ4v) is 6.18. The summed E-state index contributed by atoms with van der Waals surface area (Å²) in [5.74, 6) is -0.619. The normalized spacial score (nSPS) is 12.9. The Kier molecular flexibility index (Phi) is 5.09. The first-order valence-corrected chi connectivity index (χ1v) is 8.35. The second kappa shape index (κ2) is 6.65. The van der Waals surface area contributed by atoms with Crippen molar-refractivity contribution in [1.29, 1.82) is 0 Å². The van der Waals surface area contributed by atoms with Crippen LogP contribution >= 0.6 is 7.26 Å². The van der Waals surface area contributed by atoms with Gasteiger partial charge in [-0.25, -0.2) is 0 Å². The standard InChI is InChI=1S/C15H16O4P.BrH/c1-2-12(16)20(13-6-3-9-17-13,14-7-4-10-18-14)15-8-5-11-19-15;/h3-12,16H,2H2,1H3;1H/q+1;/p-1. The van der Waals surface area contributed by atoms with E-state index in [0.717, 1.165) is 0 Å². The van der Waals surface area contributed by atoms with Crippen LogP contribution in [0.5, 0.6) is 0 Å². The van der Waals surface area contributed by atoms with E-state index < -0.39 is 13.1 Å². The molecule has 0 spiro atoms. The van der Waals surface area contributed by atoms with Crippen molar-refractivity contribution in [3.8, 4) is 0 Å². The molecule has 3 heterocycles. The lowest BCUT2D eigenvalue weighted by molar-refractivity contribution is -0.00000661. The summed E-state index contributed by atoms with van der Waals surface area (Å²) < 4.78 is 16.9. The molecule has 0 aliphatic heterocycles. The van der Waals surface area contributed by atoms with Crippen molar-refractivity contribution in [3.63, 3.8) is 0 Å². The van der Waals surface area contributed by atoms with Crippen LogP contribution in [0.3, 0.4) is 0 Å². The van der Waals surface area contributed by atoms with Gasteiger partial charge in [-0.05, 0) is 18.2 Å². The second-order valence-electron chi connectivity index (χ2n) is 4.47. The highest BCUT2D eigenvalue weighted by Gasteiger charge is 2.59. The molecule has 3 aromatic heterocycles. The molecule has 112 valence electrons. The second-order valence-corrected chi connectivity index (χ2v) is 7.83. The van der Waals surface area contributed by atoms with Crippen LogP contribution in [0, 0.1) is 0 Å². The highest BCUT2D eigenvalue weighted by atomic mass is 79.9. The van der Waals surface area contributed by atoms with E-state index in [-0.39, 0.29) is 17.0 Å². The number of aliphatic hydroxyl groups is 1. The maximum absolute atomic E-state index is 10.8. The average Bonchev–Trinajstić information content (AvgIpc) is 3.23. The molecule has 4 nitrogen and oxygen atoms in total. The summed E-state index contributed by atoms with van der Waals surface area (Å²) >= 11 is 0. The van der Waals surface area contributed by atoms with Gasteiger partial charge in [0.1, 0.15) is 0 Å². The smallest absolute Gasteiger partial charge is 0.265 e. The van der Waals surface area contributed by atoms with Crippen LogP contribution in [0.2, 0.25) is 0 Å². The van der Waals surface area contributed by atoms with E-state index >= 15 is 0 Å². The molecule has 6 heteroatoms. The Labute approximate surface area is 133 Å². The Balaban J connectivity index is 0.00000161. The van der Waals surface area contributed by atoms with Crippen LogP contribution < -0.4 is 33.5 Å². The molecule has 1 N–H and O–H groups in total. The molecular weight excluding hydrogens is 355 g/mol. The average molecular weight is 371 g/mol. The topological polar surface area (TPSA) is 59.7 Å². The minimum atomic E-state index is -2.45. The lowest BCUT2D eigenvalue weighted by Gasteiger charge is -2.23. The Morgan fingerprint density at radius 1 is 0.905 bits per heavy atom. The Bertz CT molecular complexity index is 547. The molecule has 0 amide bonds. The van der Waals surface area contributed by atoms with Gasteiger partial charge in [0, 0.05) is 24.6 Å². The number of hydrogen-bond donors (Lipinski definition) is 1. The molecule has 21 heavy (non-hydrogen) atoms. The SMILES string of the molecule is CCC(O)[P+](c1ccco1)(c1ccco1)c1ccco1.[Br-]. The number of hydrogen-bond acceptors (Lipinski definition) is 4. The predicted molar refractivity (Wildman–Crippen MR) is 78.2 cm³/mol. The minimum Gasteiger partial charge on any atom is -1.00 e. The first-order chi connectivity index (χ1) is 9.80. The highest BCUT2D eigenvalue weighted by molar-refractivity contribution is 7.95. The van der Waals surface area contributed by atoms with Crippen molar-refractivity contribution in [3.05, 3.63) is 55.2 Å². The van der Waals surface area contributed by atoms with E-state index in [1.165, 1.54) is 0 Å². The lowest BCUT2D eigenvalue weighted by atomic mass is 10.5. The fourth-order valence-electron chi connectivity index (χ4n) is 2.45. The summed E-state index contributed by atoms with van der Waals surface area (Å²) in [7, 11) is -2.45. The summed E-state index contributed by atoms with van der Waals surface area (Å²) in [5, 5.41) is 10.8. The van der Waals surface area contributed by atoms with E-state index in [9.17, 15) is 5.11 Å². The van der Waals surface area contributed by atoms with Crippen molar-refractivity contribution >= 4 is 23.8 Å². The summed E-state index contributed by atoms with van der Waals surface area (Å²) in [6.07, 6.45) is 5.41. The van der Waals surface area contributed by atoms with E-state index in [1.54, 1.807) is 18.8 Å². The third kappa shape index (κ3) is 2.50. The molecule has 0 aliphatic rings. The van der Waals surface area contributed by atoms with Crippen molar-refractivity contribution in [1.82, 2.24) is 0 Å². The fraction of sp³-hybridized carbons (Fsp3) is 0.200. The van der Waals surface area contributed by atoms with Gasteiger partial charge in [0.2, 0.25) is 0 Å². The molecule has 1 unspecified atom stereocenters. The zero-order valence-corrected chi connectivity index (χ0v) is 14.0. The summed E-state index contributed by atoms with van der Waals surface area (Å²) in [6.45, 7) is 1.94. The Morgan fingerprint density at radius 3 is 1.52 bits per heavy atom. The summed E-state index contributed by atoms with van der Waals surface area (Å²) in [6, 6.07) is 11.1. The number of aliphatic hydroxyl groups excluding tert-OH is 1. The van der Waals surface area contributed by atoms with Crippen LogP contribution in [-0.4, -0.2) is 11.0 Å². The van der Waals surface area contributed by atoms with Crippen LogP contribution in [0.15, 0.2) is 68.4 Å². The molecular formula is C15H16BrO4P. The summed E-state index contributed by atoms with van der Waals surface area (Å²) in [4.78, 5) is 0. The van der Waals surface area contributed by atoms with E-state index in [1.807, 2.05) is 43.3 Å². The molecule has 0 aliphatic carbocycles. The molecule has 0 fully saturated rings. The number of rotatable bonds is 5. The van der Waals surface area contributed by atoms with Gasteiger partial charge in [-0.15, -0.1) is 0 Å². The Morgan fingerprint density at radius 2 is 1.29 bits per heavy atom. The minimum absolute atomic E-state index is 0. The van der Waals surface area contributed by atoms with Gasteiger partial charge in [0.15, 0.2) is 5.85 Å². The van der Waals surface area contributed by atoms with Crippen LogP contribution in [0.4, 0.5) is 0 Å². The summed E-state index contributed by atoms with van der Waals surface area (Å²) in [5.41, 5.74) is 2.12. The highest BCUT2D eigenvalue weighted by Crippen LogP contribution is 2.59. The molecule has 1 atom stereocenters. The maximum atomic E-state index is 10.8. The molecule has 0 aromatic carbocycles. The number of halogens is 1. The van der Waals surface area contributed by atoms with Gasteiger partial charge < -0.3 is 35.3 Å². The predicted octanol–water partition coefficient (Wildman–Crippen LogP) is -0.508. The van der Waals surface area contributed by atoms with Crippen molar-refractivity contribution in [2.45, 2.75) is 19.2 Å². The van der Waals surface area contributed by atoms with Crippen molar-refractivity contribution in [2.75, 3.05) is 0 Å². The lowest BCUT2D eigenvalue weighted by Crippen LogP contribution is -3.00. The van der Waals surface area contributed by atoms with Crippen molar-refractivity contribution in [2.24, 2.45) is 0 Å². The van der Waals surface area contributed by atoms with Gasteiger partial charge in [-0.1, -0.05) is 6.92 Å². The van der Waals surface area contributed by atoms with Crippen LogP contribution in [0.1, 0.15) is 13.3 Å². The number of furan rings is 3. The zero-order valence-electron chi connectivity index (χ0n) is 11.5. The van der Waals surface area contributed by atoms with Crippen LogP contribution in [0.25, 0.3) is 0 Å². The first kappa shape index (κ1) is 16.1. The third-order valence-electron chi connectivity index (χ3n) is 3.37. The monoisotopic (exact) mass is 370 g/mol. The van der Waals surface area contributed by atoms with Crippen LogP contribution in [-0.2, 0) is 0 Å². The molecule has 0 radical (unpaired) electrons. The zero-order chi connectivity index (χ0) is 14.0. The van der Waals surface area contributed by atoms with Gasteiger partial charge in [0.25, 0.3) is 23.8 Å². The maximum Gasteiger partial charge on any atom is 0.265 e. The van der Waals surface area contributed by atoms with Gasteiger partial charge in [-0.2, -0.15) is 0 Å². The largest absolute Gasteiger partial charge is 1.00 e. The Hall–Kier alpha value is -1.29. The molecule has 0 saturated carbocycles. The van der Waals surface area contributed by atoms with Crippen molar-refractivity contribution < 1.29 is 35.3 Å². The third-order valence-corrected chi connectivity index (χ3v) is 7.48. The van der Waals surface area contributed by atoms with E-state index in [0.29, 0.717) is 22.9 Å². The van der Waals surface area contributed by atoms with E-state index in [2.05, 4.69) is 0 Å². The molecule has 3 aromatic rings. The van der Waals surface area contributed by atoms with Gasteiger partial charge in [-0.3, -0.25) is 0 Å². The first-order valence-electron chi connectivity index (χ1n) is 6.49. The van der Waals surface area contributed by atoms with E-state index in [4.69, 9.17) is 13.3 Å². The quantitative estimate of drug-likeness (QED) is 0.614.